The van der Waals surface area contributed by atoms with E-state index in [1.807, 2.05) is 0 Å². The molecule has 11 heteroatoms. The number of thioether (sulfide) groups is 1. The summed E-state index contributed by atoms with van der Waals surface area (Å²) >= 11 is 1.21. The summed E-state index contributed by atoms with van der Waals surface area (Å²) < 4.78 is 10.8. The number of imide groups is 1. The second kappa shape index (κ2) is 13.1. The maximum atomic E-state index is 13.6. The van der Waals surface area contributed by atoms with Crippen molar-refractivity contribution in [2.24, 2.45) is 0 Å². The summed E-state index contributed by atoms with van der Waals surface area (Å²) in [6, 6.07) is 26.9. The fraction of sp³-hybridized carbons (Fsp3) is 0.114. The highest BCUT2D eigenvalue weighted by Crippen LogP contribution is 2.35. The predicted octanol–water partition coefficient (Wildman–Crippen LogP) is 5.45. The topological polar surface area (TPSA) is 131 Å². The van der Waals surface area contributed by atoms with Crippen LogP contribution in [0.2, 0.25) is 0 Å². The van der Waals surface area contributed by atoms with Gasteiger partial charge in [-0.2, -0.15) is 0 Å². The predicted molar refractivity (Wildman–Crippen MR) is 173 cm³/mol. The van der Waals surface area contributed by atoms with Gasteiger partial charge in [0.2, 0.25) is 18.6 Å². The molecule has 4 amide bonds. The lowest BCUT2D eigenvalue weighted by Gasteiger charge is -2.15. The van der Waals surface area contributed by atoms with E-state index in [1.54, 1.807) is 97.1 Å². The number of carbonyl (C=O) groups is 5. The number of ketones is 1. The van der Waals surface area contributed by atoms with Crippen LogP contribution in [0.5, 0.6) is 11.5 Å². The Labute approximate surface area is 268 Å². The molecule has 1 saturated heterocycles. The average Bonchev–Trinajstić information content (AvgIpc) is 3.64. The molecule has 1 unspecified atom stereocenters. The molecule has 2 heterocycles. The SMILES string of the molecule is CC(=O)c1ccc(N2C(=O)CC(Sc3cccc(NC(=O)C(=Cc4ccc5c(c4)OCO5)NC(=O)c4ccccc4)c3)C2=O)cc1. The van der Waals surface area contributed by atoms with Gasteiger partial charge in [0.1, 0.15) is 5.70 Å². The number of amides is 4. The molecule has 4 aromatic rings. The number of Topliss-reactive ketones (excluding diaryl/α,β-unsaturated/α-hetero) is 1. The van der Waals surface area contributed by atoms with E-state index in [2.05, 4.69) is 10.6 Å². The van der Waals surface area contributed by atoms with Gasteiger partial charge in [-0.25, -0.2) is 4.90 Å². The molecule has 2 aliphatic rings. The van der Waals surface area contributed by atoms with Gasteiger partial charge in [-0.1, -0.05) is 30.3 Å². The van der Waals surface area contributed by atoms with Crippen LogP contribution in [0, 0.1) is 0 Å². The molecule has 1 atom stereocenters. The van der Waals surface area contributed by atoms with Gasteiger partial charge in [0.25, 0.3) is 11.8 Å². The smallest absolute Gasteiger partial charge is 0.272 e. The van der Waals surface area contributed by atoms with E-state index in [-0.39, 0.29) is 36.5 Å². The quantitative estimate of drug-likeness (QED) is 0.141. The molecule has 230 valence electrons. The zero-order valence-electron chi connectivity index (χ0n) is 24.5. The van der Waals surface area contributed by atoms with Crippen molar-refractivity contribution >= 4 is 58.6 Å². The zero-order chi connectivity index (χ0) is 32.2. The van der Waals surface area contributed by atoms with E-state index < -0.39 is 17.1 Å². The van der Waals surface area contributed by atoms with Gasteiger partial charge < -0.3 is 20.1 Å². The van der Waals surface area contributed by atoms with Gasteiger partial charge in [-0.3, -0.25) is 24.0 Å². The lowest BCUT2D eigenvalue weighted by Crippen LogP contribution is -2.31. The van der Waals surface area contributed by atoms with Gasteiger partial charge in [-0.15, -0.1) is 11.8 Å². The Morgan fingerprint density at radius 2 is 1.61 bits per heavy atom. The molecule has 2 N–H and O–H groups in total. The van der Waals surface area contributed by atoms with Gasteiger partial charge in [-0.05, 0) is 85.3 Å². The number of fused-ring (bicyclic) bond motifs is 1. The standard InChI is InChI=1S/C35H27N3O7S/c1-21(39)23-11-13-26(14-12-23)38-32(40)19-31(35(38)43)46-27-9-5-8-25(18-27)36-34(42)28(37-33(41)24-6-3-2-4-7-24)16-22-10-15-29-30(17-22)45-20-44-29/h2-18,31H,19-20H2,1H3,(H,36,42)(H,37,41). The van der Waals surface area contributed by atoms with E-state index in [9.17, 15) is 24.0 Å². The maximum Gasteiger partial charge on any atom is 0.272 e. The van der Waals surface area contributed by atoms with Crippen LogP contribution in [0.3, 0.4) is 0 Å². The van der Waals surface area contributed by atoms with Gasteiger partial charge in [0.05, 0.1) is 10.9 Å². The molecule has 0 radical (unpaired) electrons. The monoisotopic (exact) mass is 633 g/mol. The Morgan fingerprint density at radius 1 is 0.848 bits per heavy atom. The van der Waals surface area contributed by atoms with Crippen LogP contribution in [-0.2, 0) is 14.4 Å². The molecule has 2 aliphatic heterocycles. The van der Waals surface area contributed by atoms with E-state index in [1.165, 1.54) is 24.8 Å². The summed E-state index contributed by atoms with van der Waals surface area (Å²) in [4.78, 5) is 66.0. The number of ether oxygens (including phenoxy) is 2. The van der Waals surface area contributed by atoms with Crippen LogP contribution < -0.4 is 25.0 Å². The highest BCUT2D eigenvalue weighted by Gasteiger charge is 2.40. The van der Waals surface area contributed by atoms with Crippen LogP contribution in [0.1, 0.15) is 39.6 Å². The van der Waals surface area contributed by atoms with Gasteiger partial charge >= 0.3 is 0 Å². The van der Waals surface area contributed by atoms with E-state index >= 15 is 0 Å². The fourth-order valence-electron chi connectivity index (χ4n) is 4.93. The molecule has 1 fully saturated rings. The first-order valence-corrected chi connectivity index (χ1v) is 15.2. The fourth-order valence-corrected chi connectivity index (χ4v) is 6.05. The van der Waals surface area contributed by atoms with E-state index in [0.717, 1.165) is 4.90 Å². The molecule has 46 heavy (non-hydrogen) atoms. The molecular weight excluding hydrogens is 606 g/mol. The van der Waals surface area contributed by atoms with Crippen molar-refractivity contribution < 1.29 is 33.4 Å². The van der Waals surface area contributed by atoms with Gasteiger partial charge in [0.15, 0.2) is 17.3 Å². The number of hydrogen-bond acceptors (Lipinski definition) is 8. The van der Waals surface area contributed by atoms with E-state index in [0.29, 0.717) is 44.5 Å². The summed E-state index contributed by atoms with van der Waals surface area (Å²) in [5.41, 5.74) is 2.30. The molecule has 0 saturated carbocycles. The molecule has 0 aromatic heterocycles. The Bertz CT molecular complexity index is 1890. The molecule has 0 aliphatic carbocycles. The summed E-state index contributed by atoms with van der Waals surface area (Å²) in [5.74, 6) is -0.734. The lowest BCUT2D eigenvalue weighted by atomic mass is 10.1. The summed E-state index contributed by atoms with van der Waals surface area (Å²) in [7, 11) is 0. The molecular formula is C35H27N3O7S. The lowest BCUT2D eigenvalue weighted by molar-refractivity contribution is -0.121. The minimum Gasteiger partial charge on any atom is -0.454 e. The largest absolute Gasteiger partial charge is 0.454 e. The number of rotatable bonds is 9. The minimum atomic E-state index is -0.669. The van der Waals surface area contributed by atoms with Crippen LogP contribution in [-0.4, -0.2) is 41.5 Å². The summed E-state index contributed by atoms with van der Waals surface area (Å²) in [6.45, 7) is 1.55. The molecule has 6 rings (SSSR count). The van der Waals surface area contributed by atoms with Gasteiger partial charge in [0, 0.05) is 28.1 Å². The molecule has 4 aromatic carbocycles. The summed E-state index contributed by atoms with van der Waals surface area (Å²) in [5, 5.41) is 4.87. The van der Waals surface area contributed by atoms with Crippen molar-refractivity contribution in [2.45, 2.75) is 23.5 Å². The van der Waals surface area contributed by atoms with Crippen LogP contribution in [0.4, 0.5) is 11.4 Å². The second-order valence-electron chi connectivity index (χ2n) is 10.5. The number of hydrogen-bond donors (Lipinski definition) is 2. The first-order chi connectivity index (χ1) is 22.2. The Balaban J connectivity index is 1.18. The van der Waals surface area contributed by atoms with Crippen molar-refractivity contribution in [2.75, 3.05) is 17.0 Å². The Morgan fingerprint density at radius 3 is 2.37 bits per heavy atom. The number of nitrogens with zero attached hydrogens (tertiary/aromatic N) is 1. The highest BCUT2D eigenvalue weighted by molar-refractivity contribution is 8.00. The highest BCUT2D eigenvalue weighted by atomic mass is 32.2. The summed E-state index contributed by atoms with van der Waals surface area (Å²) in [6.07, 6.45) is 1.54. The maximum absolute atomic E-state index is 13.6. The van der Waals surface area contributed by atoms with Crippen molar-refractivity contribution in [3.63, 3.8) is 0 Å². The zero-order valence-corrected chi connectivity index (χ0v) is 25.3. The van der Waals surface area contributed by atoms with Crippen molar-refractivity contribution in [1.29, 1.82) is 0 Å². The first kappa shape index (κ1) is 30.4. The van der Waals surface area contributed by atoms with Crippen molar-refractivity contribution in [3.05, 3.63) is 119 Å². The first-order valence-electron chi connectivity index (χ1n) is 14.3. The number of anilines is 2. The average molecular weight is 634 g/mol. The third-order valence-electron chi connectivity index (χ3n) is 7.24. The van der Waals surface area contributed by atoms with Crippen LogP contribution in [0.15, 0.2) is 108 Å². The second-order valence-corrected chi connectivity index (χ2v) is 11.7. The number of nitrogens with one attached hydrogen (secondary N) is 2. The van der Waals surface area contributed by atoms with Crippen LogP contribution in [0.25, 0.3) is 6.08 Å². The Hall–Kier alpha value is -5.68. The number of carbonyl (C=O) groups excluding carboxylic acids is 5. The third kappa shape index (κ3) is 6.69. The van der Waals surface area contributed by atoms with Crippen LogP contribution >= 0.6 is 11.8 Å². The number of benzene rings is 4. The molecule has 0 spiro atoms. The van der Waals surface area contributed by atoms with E-state index in [4.69, 9.17) is 9.47 Å². The van der Waals surface area contributed by atoms with Crippen molar-refractivity contribution in [3.8, 4) is 11.5 Å². The Kier molecular flexibility index (Phi) is 8.66. The van der Waals surface area contributed by atoms with Crippen molar-refractivity contribution in [1.82, 2.24) is 5.32 Å². The normalized spacial score (nSPS) is 15.5. The minimum absolute atomic E-state index is 0.00246. The molecule has 10 nitrogen and oxygen atoms in total. The molecule has 0 bridgehead atoms. The third-order valence-corrected chi connectivity index (χ3v) is 8.42.